The first kappa shape index (κ1) is 15.7. The van der Waals surface area contributed by atoms with E-state index >= 15 is 0 Å². The standard InChI is InChI=1S/C16H16BrN3O3/c17-12-4-3-5-13(8-12)20-10-11(9-18-20)15(21)19-7-2-1-6-14(19)16(22)23/h3-5,8-10,14H,1-2,6-7H2,(H,22,23). The SMILES string of the molecule is O=C(O)C1CCCCN1C(=O)c1cnn(-c2cccc(Br)c2)c1. The first-order chi connectivity index (χ1) is 11.1. The maximum atomic E-state index is 12.6. The number of hydrogen-bond acceptors (Lipinski definition) is 3. The van der Waals surface area contributed by atoms with E-state index in [1.54, 1.807) is 10.9 Å². The summed E-state index contributed by atoms with van der Waals surface area (Å²) < 4.78 is 2.53. The third-order valence-corrected chi connectivity index (χ3v) is 4.44. The molecular formula is C16H16BrN3O3. The molecule has 1 aliphatic rings. The van der Waals surface area contributed by atoms with E-state index in [-0.39, 0.29) is 5.91 Å². The van der Waals surface area contributed by atoms with Gasteiger partial charge in [0.05, 0.1) is 17.4 Å². The third kappa shape index (κ3) is 3.29. The van der Waals surface area contributed by atoms with Crippen LogP contribution in [0.4, 0.5) is 0 Å². The van der Waals surface area contributed by atoms with Crippen molar-refractivity contribution in [2.24, 2.45) is 0 Å². The topological polar surface area (TPSA) is 75.4 Å². The molecule has 0 radical (unpaired) electrons. The van der Waals surface area contributed by atoms with Crippen molar-refractivity contribution in [2.45, 2.75) is 25.3 Å². The molecule has 1 unspecified atom stereocenters. The molecular weight excluding hydrogens is 362 g/mol. The van der Waals surface area contributed by atoms with E-state index in [2.05, 4.69) is 21.0 Å². The number of hydrogen-bond donors (Lipinski definition) is 1. The largest absolute Gasteiger partial charge is 0.480 e. The van der Waals surface area contributed by atoms with E-state index in [0.29, 0.717) is 18.5 Å². The molecule has 1 N–H and O–H groups in total. The lowest BCUT2D eigenvalue weighted by Gasteiger charge is -2.32. The second kappa shape index (κ2) is 6.54. The highest BCUT2D eigenvalue weighted by molar-refractivity contribution is 9.10. The summed E-state index contributed by atoms with van der Waals surface area (Å²) in [7, 11) is 0. The Balaban J connectivity index is 1.84. The Labute approximate surface area is 141 Å². The number of likely N-dealkylation sites (tertiary alicyclic amines) is 1. The second-order valence-corrected chi connectivity index (χ2v) is 6.42. The molecule has 0 spiro atoms. The van der Waals surface area contributed by atoms with Crippen molar-refractivity contribution >= 4 is 27.8 Å². The summed E-state index contributed by atoms with van der Waals surface area (Å²) in [6, 6.07) is 6.82. The minimum Gasteiger partial charge on any atom is -0.480 e. The summed E-state index contributed by atoms with van der Waals surface area (Å²) in [5.41, 5.74) is 1.23. The van der Waals surface area contributed by atoms with Crippen LogP contribution in [0.1, 0.15) is 29.6 Å². The fraction of sp³-hybridized carbons (Fsp3) is 0.312. The molecule has 6 nitrogen and oxygen atoms in total. The lowest BCUT2D eigenvalue weighted by Crippen LogP contribution is -2.47. The number of piperidine rings is 1. The zero-order valence-electron chi connectivity index (χ0n) is 12.4. The van der Waals surface area contributed by atoms with Crippen molar-refractivity contribution in [1.29, 1.82) is 0 Å². The highest BCUT2D eigenvalue weighted by Crippen LogP contribution is 2.21. The minimum absolute atomic E-state index is 0.279. The number of halogens is 1. The third-order valence-electron chi connectivity index (χ3n) is 3.95. The number of benzene rings is 1. The van der Waals surface area contributed by atoms with Crippen molar-refractivity contribution in [2.75, 3.05) is 6.54 Å². The van der Waals surface area contributed by atoms with Gasteiger partial charge in [-0.05, 0) is 37.5 Å². The Morgan fingerprint density at radius 1 is 1.30 bits per heavy atom. The van der Waals surface area contributed by atoms with Crippen molar-refractivity contribution in [1.82, 2.24) is 14.7 Å². The number of aliphatic carboxylic acids is 1. The number of aromatic nitrogens is 2. The van der Waals surface area contributed by atoms with Crippen LogP contribution in [0.2, 0.25) is 0 Å². The summed E-state index contributed by atoms with van der Waals surface area (Å²) in [5.74, 6) is -1.23. The lowest BCUT2D eigenvalue weighted by atomic mass is 10.0. The molecule has 0 saturated carbocycles. The fourth-order valence-corrected chi connectivity index (χ4v) is 3.18. The summed E-state index contributed by atoms with van der Waals surface area (Å²) >= 11 is 3.40. The molecule has 2 aromatic rings. The Bertz CT molecular complexity index is 744. The molecule has 23 heavy (non-hydrogen) atoms. The van der Waals surface area contributed by atoms with E-state index < -0.39 is 12.0 Å². The molecule has 3 rings (SSSR count). The second-order valence-electron chi connectivity index (χ2n) is 5.50. The average molecular weight is 378 g/mol. The number of carboxylic acid groups (broad SMARTS) is 1. The first-order valence-electron chi connectivity index (χ1n) is 7.40. The Morgan fingerprint density at radius 2 is 2.13 bits per heavy atom. The van der Waals surface area contributed by atoms with E-state index in [0.717, 1.165) is 23.0 Å². The molecule has 1 atom stereocenters. The molecule has 7 heteroatoms. The molecule has 1 aromatic heterocycles. The van der Waals surface area contributed by atoms with Crippen LogP contribution in [0.25, 0.3) is 5.69 Å². The van der Waals surface area contributed by atoms with Gasteiger partial charge in [0.25, 0.3) is 5.91 Å². The van der Waals surface area contributed by atoms with Crippen LogP contribution >= 0.6 is 15.9 Å². The number of amides is 1. The Morgan fingerprint density at radius 3 is 2.87 bits per heavy atom. The van der Waals surface area contributed by atoms with E-state index in [9.17, 15) is 14.7 Å². The number of rotatable bonds is 3. The number of nitrogens with zero attached hydrogens (tertiary/aromatic N) is 3. The molecule has 1 aliphatic heterocycles. The van der Waals surface area contributed by atoms with Gasteiger partial charge in [-0.3, -0.25) is 4.79 Å². The quantitative estimate of drug-likeness (QED) is 0.891. The van der Waals surface area contributed by atoms with Gasteiger partial charge in [-0.2, -0.15) is 5.10 Å². The van der Waals surface area contributed by atoms with Gasteiger partial charge in [0.15, 0.2) is 0 Å². The van der Waals surface area contributed by atoms with Gasteiger partial charge in [-0.25, -0.2) is 9.48 Å². The zero-order chi connectivity index (χ0) is 16.4. The molecule has 1 amide bonds. The van der Waals surface area contributed by atoms with E-state index in [1.165, 1.54) is 11.1 Å². The highest BCUT2D eigenvalue weighted by atomic mass is 79.9. The molecule has 0 bridgehead atoms. The van der Waals surface area contributed by atoms with Crippen molar-refractivity contribution in [3.63, 3.8) is 0 Å². The zero-order valence-corrected chi connectivity index (χ0v) is 13.9. The monoisotopic (exact) mass is 377 g/mol. The van der Waals surface area contributed by atoms with Crippen LogP contribution < -0.4 is 0 Å². The van der Waals surface area contributed by atoms with Crippen LogP contribution in [0.15, 0.2) is 41.1 Å². The summed E-state index contributed by atoms with van der Waals surface area (Å²) in [5, 5.41) is 13.5. The molecule has 0 aliphatic carbocycles. The first-order valence-corrected chi connectivity index (χ1v) is 8.20. The number of carbonyl (C=O) groups is 2. The van der Waals surface area contributed by atoms with E-state index in [4.69, 9.17) is 0 Å². The van der Waals surface area contributed by atoms with Gasteiger partial charge < -0.3 is 10.0 Å². The predicted molar refractivity (Wildman–Crippen MR) is 87.6 cm³/mol. The van der Waals surface area contributed by atoms with Crippen LogP contribution in [0, 0.1) is 0 Å². The van der Waals surface area contributed by atoms with Gasteiger partial charge in [0.1, 0.15) is 6.04 Å². The predicted octanol–water partition coefficient (Wildman–Crippen LogP) is 2.71. The van der Waals surface area contributed by atoms with Crippen LogP contribution in [-0.2, 0) is 4.79 Å². The van der Waals surface area contributed by atoms with E-state index in [1.807, 2.05) is 24.3 Å². The van der Waals surface area contributed by atoms with Crippen LogP contribution in [0.5, 0.6) is 0 Å². The van der Waals surface area contributed by atoms with Gasteiger partial charge in [0, 0.05) is 17.2 Å². The van der Waals surface area contributed by atoms with Gasteiger partial charge in [-0.15, -0.1) is 0 Å². The van der Waals surface area contributed by atoms with Crippen molar-refractivity contribution in [3.8, 4) is 5.69 Å². The summed E-state index contributed by atoms with van der Waals surface area (Å²) in [6.45, 7) is 0.470. The number of carbonyl (C=O) groups excluding carboxylic acids is 1. The fourth-order valence-electron chi connectivity index (χ4n) is 2.79. The maximum absolute atomic E-state index is 12.6. The maximum Gasteiger partial charge on any atom is 0.326 e. The van der Waals surface area contributed by atoms with Crippen molar-refractivity contribution < 1.29 is 14.7 Å². The van der Waals surface area contributed by atoms with Crippen LogP contribution in [-0.4, -0.2) is 44.3 Å². The molecule has 1 aromatic carbocycles. The average Bonchev–Trinajstić information content (AvgIpc) is 3.04. The smallest absolute Gasteiger partial charge is 0.326 e. The van der Waals surface area contributed by atoms with Gasteiger partial charge in [0.2, 0.25) is 0 Å². The van der Waals surface area contributed by atoms with Crippen molar-refractivity contribution in [3.05, 3.63) is 46.7 Å². The molecule has 1 fully saturated rings. The van der Waals surface area contributed by atoms with Crippen LogP contribution in [0.3, 0.4) is 0 Å². The Kier molecular flexibility index (Phi) is 4.47. The summed E-state index contributed by atoms with van der Waals surface area (Å²) in [6.07, 6.45) is 5.28. The van der Waals surface area contributed by atoms with Gasteiger partial charge >= 0.3 is 5.97 Å². The highest BCUT2D eigenvalue weighted by Gasteiger charge is 2.32. The molecule has 120 valence electrons. The minimum atomic E-state index is -0.947. The lowest BCUT2D eigenvalue weighted by molar-refractivity contribution is -0.143. The number of carboxylic acids is 1. The Hall–Kier alpha value is -2.15. The molecule has 2 heterocycles. The molecule has 1 saturated heterocycles. The normalized spacial score (nSPS) is 18.0. The van der Waals surface area contributed by atoms with Gasteiger partial charge in [-0.1, -0.05) is 22.0 Å². The summed E-state index contributed by atoms with van der Waals surface area (Å²) in [4.78, 5) is 25.4.